The van der Waals surface area contributed by atoms with Gasteiger partial charge in [0.15, 0.2) is 0 Å². The lowest BCUT2D eigenvalue weighted by Gasteiger charge is -2.04. The zero-order valence-electron chi connectivity index (χ0n) is 11.1. The molecule has 4 rings (SSSR count). The van der Waals surface area contributed by atoms with Crippen LogP contribution in [0.15, 0.2) is 67.1 Å². The highest BCUT2D eigenvalue weighted by molar-refractivity contribution is 5.76. The zero-order valence-corrected chi connectivity index (χ0v) is 11.1. The lowest BCUT2D eigenvalue weighted by molar-refractivity contribution is 0.824. The van der Waals surface area contributed by atoms with Crippen molar-refractivity contribution in [3.05, 3.63) is 67.1 Å². The van der Waals surface area contributed by atoms with Gasteiger partial charge in [0.25, 0.3) is 0 Å². The Hall–Kier alpha value is -3.08. The van der Waals surface area contributed by atoms with Gasteiger partial charge in [0.2, 0.25) is 0 Å². The van der Waals surface area contributed by atoms with Crippen LogP contribution >= 0.6 is 0 Å². The molecule has 2 heterocycles. The summed E-state index contributed by atoms with van der Waals surface area (Å²) in [5, 5.41) is 8.37. The Bertz CT molecular complexity index is 881. The fourth-order valence-corrected chi connectivity index (χ4v) is 2.28. The van der Waals surface area contributed by atoms with Crippen LogP contribution in [0.3, 0.4) is 0 Å². The quantitative estimate of drug-likeness (QED) is 0.563. The van der Waals surface area contributed by atoms with Gasteiger partial charge in [-0.15, -0.1) is 5.10 Å². The SMILES string of the molecule is c1ccc2c(c1)nnn2-c1ccc(-c2cnccn2)cc1. The third-order valence-electron chi connectivity index (χ3n) is 3.32. The summed E-state index contributed by atoms with van der Waals surface area (Å²) in [6, 6.07) is 15.9. The second kappa shape index (κ2) is 4.79. The van der Waals surface area contributed by atoms with E-state index in [-0.39, 0.29) is 0 Å². The van der Waals surface area contributed by atoms with Crippen molar-refractivity contribution in [3.8, 4) is 16.9 Å². The first-order valence-electron chi connectivity index (χ1n) is 6.59. The van der Waals surface area contributed by atoms with E-state index >= 15 is 0 Å². The normalized spacial score (nSPS) is 10.9. The lowest BCUT2D eigenvalue weighted by atomic mass is 10.1. The molecule has 0 atom stereocenters. The first-order valence-corrected chi connectivity index (χ1v) is 6.59. The van der Waals surface area contributed by atoms with Crippen molar-refractivity contribution >= 4 is 11.0 Å². The third-order valence-corrected chi connectivity index (χ3v) is 3.32. The highest BCUT2D eigenvalue weighted by Gasteiger charge is 2.06. The van der Waals surface area contributed by atoms with Crippen LogP contribution in [0.2, 0.25) is 0 Å². The van der Waals surface area contributed by atoms with Crippen molar-refractivity contribution < 1.29 is 0 Å². The van der Waals surface area contributed by atoms with Crippen LogP contribution in [0, 0.1) is 0 Å². The molecule has 0 spiro atoms. The molecule has 0 aliphatic rings. The maximum atomic E-state index is 4.29. The lowest BCUT2D eigenvalue weighted by Crippen LogP contribution is -1.96. The molecular weight excluding hydrogens is 262 g/mol. The molecule has 2 aromatic carbocycles. The Morgan fingerprint density at radius 2 is 1.71 bits per heavy atom. The van der Waals surface area contributed by atoms with Crippen molar-refractivity contribution in [1.82, 2.24) is 25.0 Å². The van der Waals surface area contributed by atoms with Gasteiger partial charge in [-0.3, -0.25) is 9.97 Å². The number of hydrogen-bond acceptors (Lipinski definition) is 4. The van der Waals surface area contributed by atoms with Crippen molar-refractivity contribution in [2.45, 2.75) is 0 Å². The molecule has 0 aliphatic heterocycles. The predicted molar refractivity (Wildman–Crippen MR) is 79.9 cm³/mol. The Morgan fingerprint density at radius 1 is 0.857 bits per heavy atom. The van der Waals surface area contributed by atoms with Gasteiger partial charge in [-0.05, 0) is 24.3 Å². The summed E-state index contributed by atoms with van der Waals surface area (Å²) >= 11 is 0. The van der Waals surface area contributed by atoms with Crippen molar-refractivity contribution in [3.63, 3.8) is 0 Å². The van der Waals surface area contributed by atoms with Gasteiger partial charge in [0.05, 0.1) is 23.1 Å². The number of aromatic nitrogens is 5. The predicted octanol–water partition coefficient (Wildman–Crippen LogP) is 2.88. The molecule has 0 saturated carbocycles. The first kappa shape index (κ1) is 11.7. The van der Waals surface area contributed by atoms with Gasteiger partial charge >= 0.3 is 0 Å². The highest BCUT2D eigenvalue weighted by Crippen LogP contribution is 2.20. The van der Waals surface area contributed by atoms with E-state index in [0.29, 0.717) is 0 Å². The third kappa shape index (κ3) is 2.04. The number of para-hydroxylation sites is 1. The Morgan fingerprint density at radius 3 is 2.52 bits per heavy atom. The van der Waals surface area contributed by atoms with Crippen LogP contribution in [0.4, 0.5) is 0 Å². The van der Waals surface area contributed by atoms with E-state index < -0.39 is 0 Å². The molecule has 4 aromatic rings. The van der Waals surface area contributed by atoms with Crippen molar-refractivity contribution in [1.29, 1.82) is 0 Å². The van der Waals surface area contributed by atoms with Crippen LogP contribution in [-0.4, -0.2) is 25.0 Å². The average Bonchev–Trinajstić information content (AvgIpc) is 3.00. The molecule has 21 heavy (non-hydrogen) atoms. The number of hydrogen-bond donors (Lipinski definition) is 0. The van der Waals surface area contributed by atoms with Gasteiger partial charge in [-0.25, -0.2) is 4.68 Å². The fourth-order valence-electron chi connectivity index (χ4n) is 2.28. The van der Waals surface area contributed by atoms with Crippen molar-refractivity contribution in [2.75, 3.05) is 0 Å². The highest BCUT2D eigenvalue weighted by atomic mass is 15.4. The Balaban J connectivity index is 1.77. The van der Waals surface area contributed by atoms with Gasteiger partial charge < -0.3 is 0 Å². The van der Waals surface area contributed by atoms with Gasteiger partial charge in [-0.2, -0.15) is 0 Å². The molecule has 0 N–H and O–H groups in total. The minimum atomic E-state index is 0.854. The van der Waals surface area contributed by atoms with Crippen LogP contribution in [-0.2, 0) is 0 Å². The molecule has 0 bridgehead atoms. The van der Waals surface area contributed by atoms with Gasteiger partial charge in [0.1, 0.15) is 5.52 Å². The molecule has 5 nitrogen and oxygen atoms in total. The van der Waals surface area contributed by atoms with Crippen LogP contribution < -0.4 is 0 Å². The van der Waals surface area contributed by atoms with E-state index in [4.69, 9.17) is 0 Å². The number of nitrogens with zero attached hydrogens (tertiary/aromatic N) is 5. The minimum absolute atomic E-state index is 0.854. The average molecular weight is 273 g/mol. The van der Waals surface area contributed by atoms with Gasteiger partial charge in [-0.1, -0.05) is 29.5 Å². The summed E-state index contributed by atoms with van der Waals surface area (Å²) in [4.78, 5) is 8.38. The molecule has 0 saturated heterocycles. The van der Waals surface area contributed by atoms with Crippen molar-refractivity contribution in [2.24, 2.45) is 0 Å². The van der Waals surface area contributed by atoms with E-state index in [1.807, 2.05) is 53.2 Å². The topological polar surface area (TPSA) is 56.5 Å². The van der Waals surface area contributed by atoms with Gasteiger partial charge in [0, 0.05) is 18.0 Å². The summed E-state index contributed by atoms with van der Waals surface area (Å²) in [5.74, 6) is 0. The van der Waals surface area contributed by atoms with E-state index in [0.717, 1.165) is 28.0 Å². The summed E-state index contributed by atoms with van der Waals surface area (Å²) in [6.07, 6.45) is 5.10. The molecule has 0 unspecified atom stereocenters. The first-order chi connectivity index (χ1) is 10.4. The maximum Gasteiger partial charge on any atom is 0.113 e. The van der Waals surface area contributed by atoms with Crippen LogP contribution in [0.5, 0.6) is 0 Å². The molecule has 0 amide bonds. The zero-order chi connectivity index (χ0) is 14.1. The summed E-state index contributed by atoms with van der Waals surface area (Å²) < 4.78 is 1.83. The maximum absolute atomic E-state index is 4.29. The summed E-state index contributed by atoms with van der Waals surface area (Å²) in [5.41, 5.74) is 4.72. The summed E-state index contributed by atoms with van der Waals surface area (Å²) in [7, 11) is 0. The minimum Gasteiger partial charge on any atom is -0.261 e. The largest absolute Gasteiger partial charge is 0.261 e. The van der Waals surface area contributed by atoms with E-state index in [9.17, 15) is 0 Å². The Labute approximate surface area is 120 Å². The molecule has 0 aliphatic carbocycles. The number of benzene rings is 2. The molecule has 5 heteroatoms. The number of fused-ring (bicyclic) bond motifs is 1. The van der Waals surface area contributed by atoms with E-state index in [1.54, 1.807) is 18.6 Å². The molecular formula is C16H11N5. The monoisotopic (exact) mass is 273 g/mol. The second-order valence-corrected chi connectivity index (χ2v) is 4.63. The van der Waals surface area contributed by atoms with Crippen LogP contribution in [0.25, 0.3) is 28.0 Å². The number of rotatable bonds is 2. The molecule has 2 aromatic heterocycles. The van der Waals surface area contributed by atoms with E-state index in [1.165, 1.54) is 0 Å². The van der Waals surface area contributed by atoms with Crippen LogP contribution in [0.1, 0.15) is 0 Å². The smallest absolute Gasteiger partial charge is 0.113 e. The standard InChI is InChI=1S/C16H11N5/c1-2-4-16-14(3-1)19-20-21(16)13-7-5-12(6-8-13)15-11-17-9-10-18-15/h1-11H. The summed E-state index contributed by atoms with van der Waals surface area (Å²) in [6.45, 7) is 0. The molecule has 0 radical (unpaired) electrons. The second-order valence-electron chi connectivity index (χ2n) is 4.63. The molecule has 0 fully saturated rings. The fraction of sp³-hybridized carbons (Fsp3) is 0. The molecule has 100 valence electrons. The Kier molecular flexibility index (Phi) is 2.67. The van der Waals surface area contributed by atoms with E-state index in [2.05, 4.69) is 20.3 Å².